The third kappa shape index (κ3) is 6.86. The van der Waals surface area contributed by atoms with E-state index in [9.17, 15) is 4.79 Å². The van der Waals surface area contributed by atoms with Gasteiger partial charge in [0.2, 0.25) is 5.91 Å². The van der Waals surface area contributed by atoms with Crippen molar-refractivity contribution < 1.29 is 14.6 Å². The van der Waals surface area contributed by atoms with Gasteiger partial charge in [0.05, 0.1) is 0 Å². The van der Waals surface area contributed by atoms with Crippen molar-refractivity contribution in [1.29, 1.82) is 0 Å². The second kappa shape index (κ2) is 8.97. The van der Waals surface area contributed by atoms with Crippen LogP contribution in [0.1, 0.15) is 26.7 Å². The first-order chi connectivity index (χ1) is 6.74. The molecule has 1 atom stereocenters. The average molecular weight is 203 g/mol. The van der Waals surface area contributed by atoms with E-state index in [0.29, 0.717) is 19.1 Å². The van der Waals surface area contributed by atoms with E-state index in [2.05, 4.69) is 12.2 Å². The number of carbonyl (C=O) groups excluding carboxylic acids is 1. The third-order valence-electron chi connectivity index (χ3n) is 2.14. The van der Waals surface area contributed by atoms with Crippen molar-refractivity contribution in [3.8, 4) is 0 Å². The normalized spacial score (nSPS) is 12.5. The number of amides is 1. The molecule has 0 aromatic carbocycles. The van der Waals surface area contributed by atoms with Gasteiger partial charge < -0.3 is 15.2 Å². The lowest BCUT2D eigenvalue weighted by atomic mass is 10.0. The minimum Gasteiger partial charge on any atom is -0.396 e. The first-order valence-corrected chi connectivity index (χ1v) is 5.19. The smallest absolute Gasteiger partial charge is 0.246 e. The van der Waals surface area contributed by atoms with Crippen molar-refractivity contribution in [3.05, 3.63) is 0 Å². The topological polar surface area (TPSA) is 58.6 Å². The molecule has 1 amide bonds. The molecular weight excluding hydrogens is 182 g/mol. The highest BCUT2D eigenvalue weighted by atomic mass is 16.5. The molecule has 4 heteroatoms. The van der Waals surface area contributed by atoms with Crippen LogP contribution in [0.15, 0.2) is 0 Å². The minimum absolute atomic E-state index is 0.0803. The standard InChI is InChI=1S/C10H21NO3/c1-3-9(5-6-12)7-11-10(13)8-14-4-2/h9,12H,3-8H2,1-2H3,(H,11,13). The summed E-state index contributed by atoms with van der Waals surface area (Å²) >= 11 is 0. The van der Waals surface area contributed by atoms with Crippen LogP contribution in [0.25, 0.3) is 0 Å². The Kier molecular flexibility index (Phi) is 8.57. The Labute approximate surface area is 85.6 Å². The predicted molar refractivity (Wildman–Crippen MR) is 55.0 cm³/mol. The number of aliphatic hydroxyl groups excluding tert-OH is 1. The molecule has 0 radical (unpaired) electrons. The van der Waals surface area contributed by atoms with Gasteiger partial charge in [-0.15, -0.1) is 0 Å². The van der Waals surface area contributed by atoms with Gasteiger partial charge in [0.25, 0.3) is 0 Å². The molecule has 14 heavy (non-hydrogen) atoms. The molecule has 0 rings (SSSR count). The molecule has 0 saturated carbocycles. The van der Waals surface area contributed by atoms with Crippen molar-refractivity contribution in [2.45, 2.75) is 26.7 Å². The SMILES string of the molecule is CCOCC(=O)NCC(CC)CCO. The Morgan fingerprint density at radius 2 is 2.21 bits per heavy atom. The van der Waals surface area contributed by atoms with E-state index in [1.165, 1.54) is 0 Å². The van der Waals surface area contributed by atoms with Crippen LogP contribution in [0, 0.1) is 5.92 Å². The second-order valence-corrected chi connectivity index (χ2v) is 3.23. The van der Waals surface area contributed by atoms with E-state index in [-0.39, 0.29) is 19.1 Å². The Hall–Kier alpha value is -0.610. The number of ether oxygens (including phenoxy) is 1. The summed E-state index contributed by atoms with van der Waals surface area (Å²) < 4.78 is 4.96. The van der Waals surface area contributed by atoms with E-state index in [1.54, 1.807) is 0 Å². The largest absolute Gasteiger partial charge is 0.396 e. The summed E-state index contributed by atoms with van der Waals surface area (Å²) in [5.74, 6) is 0.286. The number of nitrogens with one attached hydrogen (secondary N) is 1. The zero-order valence-corrected chi connectivity index (χ0v) is 9.08. The molecule has 0 heterocycles. The molecule has 84 valence electrons. The van der Waals surface area contributed by atoms with Gasteiger partial charge in [-0.1, -0.05) is 13.3 Å². The summed E-state index contributed by atoms with van der Waals surface area (Å²) in [7, 11) is 0. The molecule has 2 N–H and O–H groups in total. The fraction of sp³-hybridized carbons (Fsp3) is 0.900. The van der Waals surface area contributed by atoms with Gasteiger partial charge in [-0.05, 0) is 19.3 Å². The molecule has 0 spiro atoms. The van der Waals surface area contributed by atoms with Crippen molar-refractivity contribution in [2.24, 2.45) is 5.92 Å². The van der Waals surface area contributed by atoms with Crippen LogP contribution in [0.3, 0.4) is 0 Å². The maximum absolute atomic E-state index is 11.1. The van der Waals surface area contributed by atoms with E-state index < -0.39 is 0 Å². The van der Waals surface area contributed by atoms with Gasteiger partial charge in [-0.3, -0.25) is 4.79 Å². The summed E-state index contributed by atoms with van der Waals surface area (Å²) in [4.78, 5) is 11.1. The van der Waals surface area contributed by atoms with Crippen LogP contribution in [0.2, 0.25) is 0 Å². The fourth-order valence-electron chi connectivity index (χ4n) is 1.14. The van der Waals surface area contributed by atoms with Gasteiger partial charge in [0.15, 0.2) is 0 Å². The highest BCUT2D eigenvalue weighted by Gasteiger charge is 2.07. The number of rotatable bonds is 8. The Bertz CT molecular complexity index is 150. The van der Waals surface area contributed by atoms with Crippen molar-refractivity contribution >= 4 is 5.91 Å². The molecule has 0 bridgehead atoms. The van der Waals surface area contributed by atoms with Crippen molar-refractivity contribution in [2.75, 3.05) is 26.4 Å². The van der Waals surface area contributed by atoms with Crippen LogP contribution in [0.5, 0.6) is 0 Å². The third-order valence-corrected chi connectivity index (χ3v) is 2.14. The monoisotopic (exact) mass is 203 g/mol. The quantitative estimate of drug-likeness (QED) is 0.605. The molecule has 0 aromatic heterocycles. The summed E-state index contributed by atoms with van der Waals surface area (Å²) in [6.45, 7) is 5.40. The molecule has 0 aliphatic rings. The van der Waals surface area contributed by atoms with Crippen LogP contribution in [-0.2, 0) is 9.53 Å². The van der Waals surface area contributed by atoms with Gasteiger partial charge >= 0.3 is 0 Å². The van der Waals surface area contributed by atoms with Crippen LogP contribution in [0.4, 0.5) is 0 Å². The number of hydrogen-bond acceptors (Lipinski definition) is 3. The Balaban J connectivity index is 3.52. The Morgan fingerprint density at radius 1 is 1.50 bits per heavy atom. The molecule has 4 nitrogen and oxygen atoms in total. The first kappa shape index (κ1) is 13.4. The number of aliphatic hydroxyl groups is 1. The maximum atomic E-state index is 11.1. The molecule has 0 aromatic rings. The number of hydrogen-bond donors (Lipinski definition) is 2. The molecule has 0 saturated heterocycles. The number of carbonyl (C=O) groups is 1. The molecular formula is C10H21NO3. The van der Waals surface area contributed by atoms with Crippen LogP contribution >= 0.6 is 0 Å². The summed E-state index contributed by atoms with van der Waals surface area (Å²) in [5, 5.41) is 11.5. The fourth-order valence-corrected chi connectivity index (χ4v) is 1.14. The molecule has 0 aliphatic carbocycles. The highest BCUT2D eigenvalue weighted by molar-refractivity contribution is 5.77. The van der Waals surface area contributed by atoms with Crippen molar-refractivity contribution in [3.63, 3.8) is 0 Å². The summed E-state index contributed by atoms with van der Waals surface area (Å²) in [6.07, 6.45) is 1.71. The molecule has 0 fully saturated rings. The highest BCUT2D eigenvalue weighted by Crippen LogP contribution is 2.05. The Morgan fingerprint density at radius 3 is 2.71 bits per heavy atom. The average Bonchev–Trinajstić information content (AvgIpc) is 2.21. The zero-order valence-electron chi connectivity index (χ0n) is 9.08. The lowest BCUT2D eigenvalue weighted by Crippen LogP contribution is -2.32. The van der Waals surface area contributed by atoms with E-state index >= 15 is 0 Å². The lowest BCUT2D eigenvalue weighted by Gasteiger charge is -2.14. The molecule has 0 aliphatic heterocycles. The van der Waals surface area contributed by atoms with E-state index in [1.807, 2.05) is 6.92 Å². The predicted octanol–water partition coefficient (Wildman–Crippen LogP) is 0.548. The van der Waals surface area contributed by atoms with Crippen molar-refractivity contribution in [1.82, 2.24) is 5.32 Å². The van der Waals surface area contributed by atoms with Gasteiger partial charge in [0, 0.05) is 19.8 Å². The molecule has 1 unspecified atom stereocenters. The van der Waals surface area contributed by atoms with Crippen LogP contribution in [-0.4, -0.2) is 37.4 Å². The summed E-state index contributed by atoms with van der Waals surface area (Å²) in [5.41, 5.74) is 0. The van der Waals surface area contributed by atoms with Gasteiger partial charge in [-0.25, -0.2) is 0 Å². The second-order valence-electron chi connectivity index (χ2n) is 3.23. The lowest BCUT2D eigenvalue weighted by molar-refractivity contribution is -0.125. The summed E-state index contributed by atoms with van der Waals surface area (Å²) in [6, 6.07) is 0. The first-order valence-electron chi connectivity index (χ1n) is 5.19. The van der Waals surface area contributed by atoms with Gasteiger partial charge in [-0.2, -0.15) is 0 Å². The van der Waals surface area contributed by atoms with Gasteiger partial charge in [0.1, 0.15) is 6.61 Å². The van der Waals surface area contributed by atoms with E-state index in [0.717, 1.165) is 12.8 Å². The van der Waals surface area contributed by atoms with E-state index in [4.69, 9.17) is 9.84 Å². The minimum atomic E-state index is -0.0803. The zero-order chi connectivity index (χ0) is 10.8. The van der Waals surface area contributed by atoms with Crippen LogP contribution < -0.4 is 5.32 Å². The maximum Gasteiger partial charge on any atom is 0.246 e.